The van der Waals surface area contributed by atoms with Crippen molar-refractivity contribution in [3.8, 4) is 11.6 Å². The van der Waals surface area contributed by atoms with E-state index in [4.69, 9.17) is 4.74 Å². The first-order chi connectivity index (χ1) is 9.85. The quantitative estimate of drug-likeness (QED) is 0.883. The maximum Gasteiger partial charge on any atom is 0.221 e. The Labute approximate surface area is 120 Å². The van der Waals surface area contributed by atoms with Gasteiger partial charge in [0.25, 0.3) is 0 Å². The molecule has 0 saturated carbocycles. The molecule has 1 aliphatic carbocycles. The van der Waals surface area contributed by atoms with Crippen molar-refractivity contribution in [2.24, 2.45) is 0 Å². The molecule has 0 saturated heterocycles. The third kappa shape index (κ3) is 2.93. The van der Waals surface area contributed by atoms with Gasteiger partial charge in [0.1, 0.15) is 11.6 Å². The summed E-state index contributed by atoms with van der Waals surface area (Å²) in [5.74, 6) is 2.39. The molecule has 0 unspecified atom stereocenters. The van der Waals surface area contributed by atoms with E-state index in [1.165, 1.54) is 24.0 Å². The number of pyridine rings is 1. The molecular formula is C17H20N2O. The maximum atomic E-state index is 5.87. The third-order valence-electron chi connectivity index (χ3n) is 3.57. The Bertz CT molecular complexity index is 595. The number of ether oxygens (including phenoxy) is 1. The molecule has 1 aliphatic rings. The first-order valence-electron chi connectivity index (χ1n) is 7.36. The molecule has 104 valence electrons. The summed E-state index contributed by atoms with van der Waals surface area (Å²) in [7, 11) is 0. The van der Waals surface area contributed by atoms with Crippen LogP contribution < -0.4 is 10.1 Å². The fourth-order valence-electron chi connectivity index (χ4n) is 2.56. The van der Waals surface area contributed by atoms with Gasteiger partial charge < -0.3 is 10.1 Å². The van der Waals surface area contributed by atoms with E-state index in [-0.39, 0.29) is 0 Å². The van der Waals surface area contributed by atoms with E-state index >= 15 is 0 Å². The first kappa shape index (κ1) is 13.0. The molecule has 0 amide bonds. The molecule has 1 aromatic carbocycles. The molecule has 0 fully saturated rings. The Morgan fingerprint density at radius 2 is 2.05 bits per heavy atom. The van der Waals surface area contributed by atoms with Crippen LogP contribution in [0.25, 0.3) is 0 Å². The largest absolute Gasteiger partial charge is 0.439 e. The van der Waals surface area contributed by atoms with Crippen molar-refractivity contribution in [1.29, 1.82) is 0 Å². The highest BCUT2D eigenvalue weighted by molar-refractivity contribution is 5.41. The number of anilines is 1. The average molecular weight is 268 g/mol. The van der Waals surface area contributed by atoms with Gasteiger partial charge in [0.15, 0.2) is 0 Å². The Kier molecular flexibility index (Phi) is 3.86. The zero-order valence-corrected chi connectivity index (χ0v) is 11.9. The minimum Gasteiger partial charge on any atom is -0.439 e. The lowest BCUT2D eigenvalue weighted by Crippen LogP contribution is -2.02. The van der Waals surface area contributed by atoms with E-state index in [1.54, 1.807) is 0 Å². The van der Waals surface area contributed by atoms with Crippen molar-refractivity contribution in [3.05, 3.63) is 47.5 Å². The van der Waals surface area contributed by atoms with E-state index < -0.39 is 0 Å². The van der Waals surface area contributed by atoms with Gasteiger partial charge in [-0.3, -0.25) is 0 Å². The molecule has 0 spiro atoms. The highest BCUT2D eigenvalue weighted by Gasteiger charge is 2.11. The van der Waals surface area contributed by atoms with Crippen LogP contribution in [0.1, 0.15) is 30.9 Å². The van der Waals surface area contributed by atoms with Gasteiger partial charge in [-0.05, 0) is 55.0 Å². The van der Waals surface area contributed by atoms with E-state index in [2.05, 4.69) is 29.4 Å². The zero-order chi connectivity index (χ0) is 13.8. The van der Waals surface area contributed by atoms with Crippen LogP contribution in [0.2, 0.25) is 0 Å². The SMILES string of the molecule is CCCNc1cccc(Oc2ccc3c(c2)CCC3)n1. The first-order valence-corrected chi connectivity index (χ1v) is 7.36. The second kappa shape index (κ2) is 5.95. The summed E-state index contributed by atoms with van der Waals surface area (Å²) < 4.78 is 5.87. The molecule has 0 aliphatic heterocycles. The number of benzene rings is 1. The van der Waals surface area contributed by atoms with Gasteiger partial charge in [-0.25, -0.2) is 0 Å². The normalized spacial score (nSPS) is 13.1. The van der Waals surface area contributed by atoms with E-state index in [0.29, 0.717) is 5.88 Å². The lowest BCUT2D eigenvalue weighted by molar-refractivity contribution is 0.463. The van der Waals surface area contributed by atoms with Crippen molar-refractivity contribution < 1.29 is 4.74 Å². The number of nitrogens with one attached hydrogen (secondary N) is 1. The number of aromatic nitrogens is 1. The topological polar surface area (TPSA) is 34.1 Å². The second-order valence-corrected chi connectivity index (χ2v) is 5.17. The summed E-state index contributed by atoms with van der Waals surface area (Å²) in [6.45, 7) is 3.06. The van der Waals surface area contributed by atoms with Crippen LogP contribution in [0.3, 0.4) is 0 Å². The summed E-state index contributed by atoms with van der Waals surface area (Å²) in [6.07, 6.45) is 4.70. The smallest absolute Gasteiger partial charge is 0.221 e. The van der Waals surface area contributed by atoms with Gasteiger partial charge in [-0.2, -0.15) is 4.98 Å². The molecule has 1 N–H and O–H groups in total. The monoisotopic (exact) mass is 268 g/mol. The van der Waals surface area contributed by atoms with Crippen LogP contribution in [0.4, 0.5) is 5.82 Å². The Balaban J connectivity index is 1.74. The van der Waals surface area contributed by atoms with Crippen molar-refractivity contribution in [2.75, 3.05) is 11.9 Å². The van der Waals surface area contributed by atoms with Gasteiger partial charge in [0.05, 0.1) is 0 Å². The zero-order valence-electron chi connectivity index (χ0n) is 11.9. The predicted molar refractivity (Wildman–Crippen MR) is 81.6 cm³/mol. The van der Waals surface area contributed by atoms with Crippen molar-refractivity contribution >= 4 is 5.82 Å². The standard InChI is InChI=1S/C17H20N2O/c1-2-11-18-16-7-4-8-17(19-16)20-15-10-9-13-5-3-6-14(13)12-15/h4,7-10,12H,2-3,5-6,11H2,1H3,(H,18,19). The highest BCUT2D eigenvalue weighted by Crippen LogP contribution is 2.28. The lowest BCUT2D eigenvalue weighted by atomic mass is 10.1. The fourth-order valence-corrected chi connectivity index (χ4v) is 2.56. The second-order valence-electron chi connectivity index (χ2n) is 5.17. The van der Waals surface area contributed by atoms with E-state index in [9.17, 15) is 0 Å². The van der Waals surface area contributed by atoms with Crippen LogP contribution >= 0.6 is 0 Å². The summed E-state index contributed by atoms with van der Waals surface area (Å²) in [4.78, 5) is 4.47. The van der Waals surface area contributed by atoms with E-state index in [1.807, 2.05) is 24.3 Å². The predicted octanol–water partition coefficient (Wildman–Crippen LogP) is 4.18. The lowest BCUT2D eigenvalue weighted by Gasteiger charge is -2.09. The van der Waals surface area contributed by atoms with Gasteiger partial charge in [0, 0.05) is 12.6 Å². The number of fused-ring (bicyclic) bond motifs is 1. The van der Waals surface area contributed by atoms with Crippen LogP contribution in [0.5, 0.6) is 11.6 Å². The molecule has 1 heterocycles. The number of hydrogen-bond acceptors (Lipinski definition) is 3. The number of nitrogens with zero attached hydrogens (tertiary/aromatic N) is 1. The molecule has 3 rings (SSSR count). The third-order valence-corrected chi connectivity index (χ3v) is 3.57. The van der Waals surface area contributed by atoms with Crippen molar-refractivity contribution in [2.45, 2.75) is 32.6 Å². The molecule has 0 atom stereocenters. The summed E-state index contributed by atoms with van der Waals surface area (Å²) in [6, 6.07) is 12.2. The molecule has 20 heavy (non-hydrogen) atoms. The van der Waals surface area contributed by atoms with Crippen LogP contribution in [0, 0.1) is 0 Å². The summed E-state index contributed by atoms with van der Waals surface area (Å²) >= 11 is 0. The summed E-state index contributed by atoms with van der Waals surface area (Å²) in [5.41, 5.74) is 2.88. The van der Waals surface area contributed by atoms with Gasteiger partial charge in [0.2, 0.25) is 5.88 Å². The molecule has 3 nitrogen and oxygen atoms in total. The van der Waals surface area contributed by atoms with Crippen LogP contribution in [-0.2, 0) is 12.8 Å². The Morgan fingerprint density at radius 1 is 1.15 bits per heavy atom. The summed E-state index contributed by atoms with van der Waals surface area (Å²) in [5, 5.41) is 3.27. The number of hydrogen-bond donors (Lipinski definition) is 1. The van der Waals surface area contributed by atoms with Gasteiger partial charge >= 0.3 is 0 Å². The molecular weight excluding hydrogens is 248 g/mol. The number of aryl methyl sites for hydroxylation is 2. The van der Waals surface area contributed by atoms with E-state index in [0.717, 1.165) is 31.0 Å². The van der Waals surface area contributed by atoms with Crippen molar-refractivity contribution in [1.82, 2.24) is 4.98 Å². The molecule has 3 heteroatoms. The van der Waals surface area contributed by atoms with Crippen molar-refractivity contribution in [3.63, 3.8) is 0 Å². The van der Waals surface area contributed by atoms with Crippen LogP contribution in [0.15, 0.2) is 36.4 Å². The van der Waals surface area contributed by atoms with Gasteiger partial charge in [-0.1, -0.05) is 19.1 Å². The number of rotatable bonds is 5. The molecule has 0 radical (unpaired) electrons. The molecule has 1 aromatic heterocycles. The van der Waals surface area contributed by atoms with Gasteiger partial charge in [-0.15, -0.1) is 0 Å². The van der Waals surface area contributed by atoms with Crippen LogP contribution in [-0.4, -0.2) is 11.5 Å². The fraction of sp³-hybridized carbons (Fsp3) is 0.353. The average Bonchev–Trinajstić information content (AvgIpc) is 2.93. The maximum absolute atomic E-state index is 5.87. The minimum atomic E-state index is 0.643. The Morgan fingerprint density at radius 3 is 2.95 bits per heavy atom. The molecule has 0 bridgehead atoms. The Hall–Kier alpha value is -2.03. The minimum absolute atomic E-state index is 0.643. The highest BCUT2D eigenvalue weighted by atomic mass is 16.5. The molecule has 2 aromatic rings.